The lowest BCUT2D eigenvalue weighted by atomic mass is 9.85. The van der Waals surface area contributed by atoms with Crippen molar-refractivity contribution >= 4 is 29.1 Å². The molecule has 1 fully saturated rings. The van der Waals surface area contributed by atoms with Gasteiger partial charge in [0.1, 0.15) is 5.69 Å². The van der Waals surface area contributed by atoms with E-state index >= 15 is 0 Å². The fourth-order valence-corrected chi connectivity index (χ4v) is 5.12. The van der Waals surface area contributed by atoms with Crippen molar-refractivity contribution < 1.29 is 22.8 Å². The van der Waals surface area contributed by atoms with E-state index in [1.807, 2.05) is 37.3 Å². The Kier molecular flexibility index (Phi) is 6.83. The van der Waals surface area contributed by atoms with Crippen LogP contribution in [-0.4, -0.2) is 50.2 Å². The van der Waals surface area contributed by atoms with Gasteiger partial charge in [0.2, 0.25) is 0 Å². The minimum absolute atomic E-state index is 0.239. The summed E-state index contributed by atoms with van der Waals surface area (Å²) in [5.41, 5.74) is 0.852. The molecule has 0 saturated carbocycles. The molecule has 1 saturated heterocycles. The number of carbonyl (C=O) groups excluding carboxylic acids is 2. The number of fused-ring (bicyclic) bond motifs is 1. The number of halogens is 4. The number of hydrogen-bond acceptors (Lipinski definition) is 4. The summed E-state index contributed by atoms with van der Waals surface area (Å²) in [7, 11) is 0. The molecule has 38 heavy (non-hydrogen) atoms. The Bertz CT molecular complexity index is 1510. The van der Waals surface area contributed by atoms with Gasteiger partial charge in [0.25, 0.3) is 11.8 Å². The van der Waals surface area contributed by atoms with E-state index < -0.39 is 29.4 Å². The van der Waals surface area contributed by atoms with Crippen molar-refractivity contribution in [1.82, 2.24) is 24.6 Å². The molecule has 1 aromatic carbocycles. The second-order valence-corrected chi connectivity index (χ2v) is 9.61. The van der Waals surface area contributed by atoms with Crippen LogP contribution in [0.3, 0.4) is 0 Å². The van der Waals surface area contributed by atoms with E-state index in [2.05, 4.69) is 15.3 Å². The van der Waals surface area contributed by atoms with Gasteiger partial charge >= 0.3 is 6.18 Å². The van der Waals surface area contributed by atoms with Crippen LogP contribution in [-0.2, 0) is 6.18 Å². The summed E-state index contributed by atoms with van der Waals surface area (Å²) in [5.74, 6) is -1.50. The molecule has 2 atom stereocenters. The van der Waals surface area contributed by atoms with Crippen LogP contribution < -0.4 is 5.32 Å². The quantitative estimate of drug-likeness (QED) is 0.388. The third-order valence-corrected chi connectivity index (χ3v) is 7.04. The number of amides is 2. The fraction of sp³-hybridized carbons (Fsp3) is 0.259. The summed E-state index contributed by atoms with van der Waals surface area (Å²) in [4.78, 5) is 36.1. The molecular weight excluding hydrogens is 519 g/mol. The zero-order valence-corrected chi connectivity index (χ0v) is 21.0. The smallest absolute Gasteiger partial charge is 0.347 e. The Balaban J connectivity index is 1.42. The van der Waals surface area contributed by atoms with E-state index in [0.717, 1.165) is 29.6 Å². The highest BCUT2D eigenvalue weighted by atomic mass is 35.5. The predicted octanol–water partition coefficient (Wildman–Crippen LogP) is 5.14. The van der Waals surface area contributed by atoms with Crippen LogP contribution in [0.25, 0.3) is 5.65 Å². The zero-order chi connectivity index (χ0) is 27.0. The first-order valence-electron chi connectivity index (χ1n) is 11.9. The summed E-state index contributed by atoms with van der Waals surface area (Å²) in [5, 5.41) is 3.11. The predicted molar refractivity (Wildman–Crippen MR) is 135 cm³/mol. The number of imidazole rings is 1. The molecule has 0 unspecified atom stereocenters. The van der Waals surface area contributed by atoms with Crippen molar-refractivity contribution in [1.29, 1.82) is 0 Å². The van der Waals surface area contributed by atoms with Crippen molar-refractivity contribution in [3.05, 3.63) is 100 Å². The molecule has 0 spiro atoms. The van der Waals surface area contributed by atoms with E-state index in [9.17, 15) is 22.8 Å². The highest BCUT2D eigenvalue weighted by Gasteiger charge is 2.38. The van der Waals surface area contributed by atoms with E-state index in [1.165, 1.54) is 0 Å². The van der Waals surface area contributed by atoms with Gasteiger partial charge in [-0.3, -0.25) is 14.6 Å². The van der Waals surface area contributed by atoms with Gasteiger partial charge < -0.3 is 14.6 Å². The minimum atomic E-state index is -4.72. The van der Waals surface area contributed by atoms with Crippen molar-refractivity contribution in [2.24, 2.45) is 0 Å². The number of pyridine rings is 2. The first kappa shape index (κ1) is 25.7. The lowest BCUT2D eigenvalue weighted by Gasteiger charge is -2.39. The van der Waals surface area contributed by atoms with Crippen LogP contribution in [0.5, 0.6) is 0 Å². The molecule has 4 aromatic rings. The normalized spacial score (nSPS) is 18.0. The van der Waals surface area contributed by atoms with Crippen LogP contribution in [0, 0.1) is 6.92 Å². The number of carbonyl (C=O) groups is 2. The molecule has 0 aliphatic carbocycles. The monoisotopic (exact) mass is 541 g/mol. The number of alkyl halides is 3. The molecule has 0 bridgehead atoms. The first-order chi connectivity index (χ1) is 18.1. The topological polar surface area (TPSA) is 79.6 Å². The molecule has 1 N–H and O–H groups in total. The second-order valence-electron chi connectivity index (χ2n) is 9.20. The van der Waals surface area contributed by atoms with Crippen LogP contribution >= 0.6 is 11.6 Å². The number of nitrogens with one attached hydrogen (secondary N) is 1. The molecule has 196 valence electrons. The number of hydrogen-bond donors (Lipinski definition) is 1. The Labute approximate surface area is 221 Å². The standard InChI is InChI=1S/C27H23ClF3N5O2/c1-16-13-33-24-21(28)12-18(14-36(16)24)26(38)35-11-9-22(19(15-35)17-6-3-2-4-7-17)34-25(37)23-20(27(29,30)31)8-5-10-32-23/h2-8,10,12-14,19,22H,9,11,15H2,1H3,(H,34,37)/t19-,22-/m1/s1. The number of nitrogens with zero attached hydrogens (tertiary/aromatic N) is 4. The summed E-state index contributed by atoms with van der Waals surface area (Å²) < 4.78 is 42.2. The minimum Gasteiger partial charge on any atom is -0.347 e. The van der Waals surface area contributed by atoms with Crippen molar-refractivity contribution in [3.8, 4) is 0 Å². The Hall–Kier alpha value is -3.92. The molecule has 11 heteroatoms. The third-order valence-electron chi connectivity index (χ3n) is 6.77. The Morgan fingerprint density at radius 3 is 2.61 bits per heavy atom. The van der Waals surface area contributed by atoms with Crippen LogP contribution in [0.1, 0.15) is 50.0 Å². The lowest BCUT2D eigenvalue weighted by Crippen LogP contribution is -2.51. The average Bonchev–Trinajstić information content (AvgIpc) is 3.29. The highest BCUT2D eigenvalue weighted by Crippen LogP contribution is 2.32. The van der Waals surface area contributed by atoms with Crippen molar-refractivity contribution in [3.63, 3.8) is 0 Å². The first-order valence-corrected chi connectivity index (χ1v) is 12.3. The fourth-order valence-electron chi connectivity index (χ4n) is 4.86. The number of aromatic nitrogens is 3. The molecule has 5 rings (SSSR count). The van der Waals surface area contributed by atoms with Crippen molar-refractivity contribution in [2.45, 2.75) is 31.5 Å². The van der Waals surface area contributed by atoms with Gasteiger partial charge in [-0.1, -0.05) is 41.9 Å². The molecular formula is C27H23ClF3N5O2. The molecule has 1 aliphatic rings. The van der Waals surface area contributed by atoms with Gasteiger partial charge in [-0.05, 0) is 37.1 Å². The maximum Gasteiger partial charge on any atom is 0.418 e. The van der Waals surface area contributed by atoms with Gasteiger partial charge in [0.15, 0.2) is 5.65 Å². The highest BCUT2D eigenvalue weighted by molar-refractivity contribution is 6.33. The maximum absolute atomic E-state index is 13.5. The summed E-state index contributed by atoms with van der Waals surface area (Å²) in [6.45, 7) is 2.40. The zero-order valence-electron chi connectivity index (χ0n) is 20.2. The second kappa shape index (κ2) is 10.1. The largest absolute Gasteiger partial charge is 0.418 e. The van der Waals surface area contributed by atoms with Gasteiger partial charge in [0.05, 0.1) is 16.1 Å². The third kappa shape index (κ3) is 4.96. The van der Waals surface area contributed by atoms with E-state index in [-0.39, 0.29) is 18.4 Å². The van der Waals surface area contributed by atoms with E-state index in [4.69, 9.17) is 11.6 Å². The van der Waals surface area contributed by atoms with Crippen molar-refractivity contribution in [2.75, 3.05) is 13.1 Å². The number of aryl methyl sites for hydroxylation is 1. The lowest BCUT2D eigenvalue weighted by molar-refractivity contribution is -0.138. The summed E-state index contributed by atoms with van der Waals surface area (Å²) in [6.07, 6.45) is 0.138. The van der Waals surface area contributed by atoms with E-state index in [1.54, 1.807) is 27.8 Å². The van der Waals surface area contributed by atoms with Gasteiger partial charge in [-0.25, -0.2) is 4.98 Å². The van der Waals surface area contributed by atoms with E-state index in [0.29, 0.717) is 29.2 Å². The van der Waals surface area contributed by atoms with Gasteiger partial charge in [0, 0.05) is 49.3 Å². The van der Waals surface area contributed by atoms with Crippen LogP contribution in [0.4, 0.5) is 13.2 Å². The number of likely N-dealkylation sites (tertiary alicyclic amines) is 1. The summed E-state index contributed by atoms with van der Waals surface area (Å²) in [6, 6.07) is 12.3. The Morgan fingerprint density at radius 2 is 1.87 bits per heavy atom. The molecule has 2 amide bonds. The van der Waals surface area contributed by atoms with Crippen LogP contribution in [0.2, 0.25) is 5.02 Å². The Morgan fingerprint density at radius 1 is 1.11 bits per heavy atom. The maximum atomic E-state index is 13.5. The molecule has 1 aliphatic heterocycles. The molecule has 0 radical (unpaired) electrons. The molecule has 7 nitrogen and oxygen atoms in total. The molecule has 4 heterocycles. The van der Waals surface area contributed by atoms with Gasteiger partial charge in [-0.2, -0.15) is 13.2 Å². The summed E-state index contributed by atoms with van der Waals surface area (Å²) >= 11 is 6.38. The SMILES string of the molecule is Cc1cnc2c(Cl)cc(C(=O)N3CC[C@@H](NC(=O)c4ncccc4C(F)(F)F)[C@@H](c4ccccc4)C3)cn12. The number of rotatable bonds is 4. The molecule has 3 aromatic heterocycles. The average molecular weight is 542 g/mol. The van der Waals surface area contributed by atoms with Gasteiger partial charge in [-0.15, -0.1) is 0 Å². The number of piperidine rings is 1. The number of benzene rings is 1. The van der Waals surface area contributed by atoms with Crippen LogP contribution in [0.15, 0.2) is 67.1 Å².